The van der Waals surface area contributed by atoms with Crippen molar-refractivity contribution in [2.45, 2.75) is 25.4 Å². The van der Waals surface area contributed by atoms with E-state index in [2.05, 4.69) is 0 Å². The number of aliphatic hydroxyl groups is 1. The van der Waals surface area contributed by atoms with Gasteiger partial charge in [-0.15, -0.1) is 0 Å². The van der Waals surface area contributed by atoms with Crippen LogP contribution >= 0.6 is 0 Å². The van der Waals surface area contributed by atoms with Gasteiger partial charge in [-0.1, -0.05) is 6.07 Å². The Morgan fingerprint density at radius 3 is 3.00 bits per heavy atom. The fourth-order valence-corrected chi connectivity index (χ4v) is 2.89. The third kappa shape index (κ3) is 3.36. The van der Waals surface area contributed by atoms with Gasteiger partial charge in [0.1, 0.15) is 5.75 Å². The number of morpholine rings is 1. The zero-order valence-corrected chi connectivity index (χ0v) is 12.1. The molecule has 0 unspecified atom stereocenters. The number of hydrogen-bond donors (Lipinski definition) is 1. The predicted octanol–water partition coefficient (Wildman–Crippen LogP) is 1.29. The Hall–Kier alpha value is -1.59. The molecule has 21 heavy (non-hydrogen) atoms. The van der Waals surface area contributed by atoms with E-state index in [-0.39, 0.29) is 12.5 Å². The van der Waals surface area contributed by atoms with Crippen molar-refractivity contribution in [2.24, 2.45) is 0 Å². The van der Waals surface area contributed by atoms with Crippen molar-refractivity contribution < 1.29 is 19.4 Å². The number of aryl methyl sites for hydroxylation is 1. The van der Waals surface area contributed by atoms with Gasteiger partial charge >= 0.3 is 0 Å². The van der Waals surface area contributed by atoms with E-state index in [0.29, 0.717) is 32.1 Å². The number of nitrogens with zero attached hydrogens (tertiary/aromatic N) is 1. The Kier molecular flexibility index (Phi) is 4.41. The van der Waals surface area contributed by atoms with Crippen molar-refractivity contribution in [3.05, 3.63) is 29.3 Å². The van der Waals surface area contributed by atoms with E-state index < -0.39 is 6.10 Å². The van der Waals surface area contributed by atoms with Crippen molar-refractivity contribution >= 4 is 5.91 Å². The summed E-state index contributed by atoms with van der Waals surface area (Å²) < 4.78 is 10.8. The summed E-state index contributed by atoms with van der Waals surface area (Å²) in [4.78, 5) is 13.8. The lowest BCUT2D eigenvalue weighted by molar-refractivity contribution is -0.137. The van der Waals surface area contributed by atoms with Gasteiger partial charge < -0.3 is 19.5 Å². The molecule has 0 bridgehead atoms. The number of amides is 1. The molecule has 3 rings (SSSR count). The summed E-state index contributed by atoms with van der Waals surface area (Å²) in [5, 5.41) is 10.0. The van der Waals surface area contributed by atoms with Crippen molar-refractivity contribution in [3.8, 4) is 5.75 Å². The monoisotopic (exact) mass is 291 g/mol. The minimum Gasteiger partial charge on any atom is -0.484 e. The van der Waals surface area contributed by atoms with E-state index in [1.165, 1.54) is 5.56 Å². The predicted molar refractivity (Wildman–Crippen MR) is 77.2 cm³/mol. The second kappa shape index (κ2) is 6.45. The molecule has 0 radical (unpaired) electrons. The second-order valence-corrected chi connectivity index (χ2v) is 5.55. The van der Waals surface area contributed by atoms with E-state index in [4.69, 9.17) is 9.47 Å². The number of hydrogen-bond acceptors (Lipinski definition) is 4. The summed E-state index contributed by atoms with van der Waals surface area (Å²) >= 11 is 0. The SMILES string of the molecule is O=C(COc1ccc2c(c1)[C@H](O)CCC2)N1CCOCC1. The molecule has 2 aliphatic rings. The van der Waals surface area contributed by atoms with Crippen LogP contribution in [0.1, 0.15) is 30.1 Å². The van der Waals surface area contributed by atoms with Gasteiger partial charge in [0.2, 0.25) is 0 Å². The molecule has 1 fully saturated rings. The summed E-state index contributed by atoms with van der Waals surface area (Å²) in [5.74, 6) is 0.632. The average Bonchev–Trinajstić information content (AvgIpc) is 2.54. The third-order valence-corrected chi connectivity index (χ3v) is 4.13. The summed E-state index contributed by atoms with van der Waals surface area (Å²) in [7, 11) is 0. The Labute approximate surface area is 124 Å². The van der Waals surface area contributed by atoms with Gasteiger partial charge in [0.15, 0.2) is 6.61 Å². The molecule has 0 aromatic heterocycles. The number of carbonyl (C=O) groups is 1. The smallest absolute Gasteiger partial charge is 0.260 e. The molecule has 5 heteroatoms. The first-order valence-electron chi connectivity index (χ1n) is 7.53. The Morgan fingerprint density at radius 1 is 1.38 bits per heavy atom. The maximum absolute atomic E-state index is 12.0. The van der Waals surface area contributed by atoms with E-state index >= 15 is 0 Å². The molecular weight excluding hydrogens is 270 g/mol. The van der Waals surface area contributed by atoms with Crippen LogP contribution in [0.25, 0.3) is 0 Å². The highest BCUT2D eigenvalue weighted by Gasteiger charge is 2.20. The number of ether oxygens (including phenoxy) is 2. The first kappa shape index (κ1) is 14.4. The summed E-state index contributed by atoms with van der Waals surface area (Å²) in [6.07, 6.45) is 2.40. The van der Waals surface area contributed by atoms with Gasteiger partial charge in [-0.25, -0.2) is 0 Å². The van der Waals surface area contributed by atoms with Gasteiger partial charge in [-0.3, -0.25) is 4.79 Å². The molecule has 5 nitrogen and oxygen atoms in total. The number of aliphatic hydroxyl groups excluding tert-OH is 1. The van der Waals surface area contributed by atoms with Crippen LogP contribution in [0.3, 0.4) is 0 Å². The molecule has 1 amide bonds. The summed E-state index contributed by atoms with van der Waals surface area (Å²) in [6.45, 7) is 2.48. The van der Waals surface area contributed by atoms with Gasteiger partial charge in [-0.05, 0) is 42.5 Å². The highest BCUT2D eigenvalue weighted by Crippen LogP contribution is 2.32. The average molecular weight is 291 g/mol. The van der Waals surface area contributed by atoms with E-state index in [9.17, 15) is 9.90 Å². The molecule has 1 aliphatic carbocycles. The molecule has 0 spiro atoms. The Bertz CT molecular complexity index is 511. The normalized spacial score (nSPS) is 21.8. The molecule has 1 aromatic carbocycles. The van der Waals surface area contributed by atoms with E-state index in [1.54, 1.807) is 4.90 Å². The van der Waals surface area contributed by atoms with Gasteiger partial charge in [0, 0.05) is 13.1 Å². The molecule has 1 aliphatic heterocycles. The van der Waals surface area contributed by atoms with Crippen molar-refractivity contribution in [3.63, 3.8) is 0 Å². The first-order chi connectivity index (χ1) is 10.2. The van der Waals surface area contributed by atoms with Gasteiger partial charge in [0.05, 0.1) is 19.3 Å². The van der Waals surface area contributed by atoms with Crippen LogP contribution < -0.4 is 4.74 Å². The van der Waals surface area contributed by atoms with Crippen LogP contribution in [-0.2, 0) is 16.0 Å². The molecule has 1 saturated heterocycles. The Balaban J connectivity index is 1.60. The maximum Gasteiger partial charge on any atom is 0.260 e. The zero-order chi connectivity index (χ0) is 14.7. The zero-order valence-electron chi connectivity index (χ0n) is 12.1. The second-order valence-electron chi connectivity index (χ2n) is 5.55. The molecule has 1 heterocycles. The standard InChI is InChI=1S/C16H21NO4/c18-15-3-1-2-12-4-5-13(10-14(12)15)21-11-16(19)17-6-8-20-9-7-17/h4-5,10,15,18H,1-3,6-9,11H2/t15-/m1/s1. The van der Waals surface area contributed by atoms with Crippen molar-refractivity contribution in [1.82, 2.24) is 4.90 Å². The molecule has 1 atom stereocenters. The lowest BCUT2D eigenvalue weighted by atomic mass is 9.89. The molecule has 0 saturated carbocycles. The first-order valence-corrected chi connectivity index (χ1v) is 7.53. The van der Waals surface area contributed by atoms with Crippen LogP contribution in [0.15, 0.2) is 18.2 Å². The van der Waals surface area contributed by atoms with E-state index in [1.807, 2.05) is 18.2 Å². The van der Waals surface area contributed by atoms with Crippen LogP contribution in [0, 0.1) is 0 Å². The quantitative estimate of drug-likeness (QED) is 0.912. The lowest BCUT2D eigenvalue weighted by Gasteiger charge is -2.27. The molecule has 114 valence electrons. The van der Waals surface area contributed by atoms with Crippen molar-refractivity contribution in [1.29, 1.82) is 0 Å². The minimum atomic E-state index is -0.410. The highest BCUT2D eigenvalue weighted by molar-refractivity contribution is 5.77. The Morgan fingerprint density at radius 2 is 2.19 bits per heavy atom. The minimum absolute atomic E-state index is 0.0171. The van der Waals surface area contributed by atoms with Crippen LogP contribution in [0.4, 0.5) is 0 Å². The number of fused-ring (bicyclic) bond motifs is 1. The largest absolute Gasteiger partial charge is 0.484 e. The number of carbonyl (C=O) groups excluding carboxylic acids is 1. The van der Waals surface area contributed by atoms with Crippen LogP contribution in [-0.4, -0.2) is 48.8 Å². The topological polar surface area (TPSA) is 59.0 Å². The molecular formula is C16H21NO4. The van der Waals surface area contributed by atoms with Crippen molar-refractivity contribution in [2.75, 3.05) is 32.9 Å². The lowest BCUT2D eigenvalue weighted by Crippen LogP contribution is -2.42. The number of benzene rings is 1. The summed E-state index contributed by atoms with van der Waals surface area (Å²) in [5.41, 5.74) is 2.12. The van der Waals surface area contributed by atoms with E-state index in [0.717, 1.165) is 24.8 Å². The highest BCUT2D eigenvalue weighted by atomic mass is 16.5. The maximum atomic E-state index is 12.0. The molecule has 1 N–H and O–H groups in total. The fraction of sp³-hybridized carbons (Fsp3) is 0.562. The summed E-state index contributed by atoms with van der Waals surface area (Å²) in [6, 6.07) is 5.74. The third-order valence-electron chi connectivity index (χ3n) is 4.13. The molecule has 1 aromatic rings. The fourth-order valence-electron chi connectivity index (χ4n) is 2.89. The van der Waals surface area contributed by atoms with Gasteiger partial charge in [0.25, 0.3) is 5.91 Å². The van der Waals surface area contributed by atoms with Crippen LogP contribution in [0.5, 0.6) is 5.75 Å². The van der Waals surface area contributed by atoms with Gasteiger partial charge in [-0.2, -0.15) is 0 Å². The van der Waals surface area contributed by atoms with Crippen LogP contribution in [0.2, 0.25) is 0 Å². The number of rotatable bonds is 3.